The number of benzene rings is 2. The first kappa shape index (κ1) is 21.2. The maximum Gasteiger partial charge on any atom is 0.322 e. The Bertz CT molecular complexity index is 1340. The minimum absolute atomic E-state index is 0.0180. The lowest BCUT2D eigenvalue weighted by Gasteiger charge is -2.15. The second-order valence-corrected chi connectivity index (χ2v) is 8.58. The summed E-state index contributed by atoms with van der Waals surface area (Å²) in [7, 11) is -4.04. The normalized spacial score (nSPS) is 12.9. The van der Waals surface area contributed by atoms with Crippen LogP contribution in [0.5, 0.6) is 11.8 Å². The van der Waals surface area contributed by atoms with Crippen molar-refractivity contribution in [3.8, 4) is 11.8 Å². The van der Waals surface area contributed by atoms with E-state index >= 15 is 0 Å². The Balaban J connectivity index is 1.61. The average molecular weight is 467 g/mol. The molecule has 0 amide bonds. The lowest BCUT2D eigenvalue weighted by molar-refractivity contribution is 0.315. The van der Waals surface area contributed by atoms with Crippen molar-refractivity contribution < 1.29 is 22.2 Å². The van der Waals surface area contributed by atoms with Crippen LogP contribution in [0.1, 0.15) is 25.7 Å². The Morgan fingerprint density at radius 3 is 2.58 bits per heavy atom. The van der Waals surface area contributed by atoms with Gasteiger partial charge in [0.1, 0.15) is 16.5 Å². The van der Waals surface area contributed by atoms with E-state index in [0.29, 0.717) is 18.1 Å². The summed E-state index contributed by atoms with van der Waals surface area (Å²) >= 11 is 6.01. The van der Waals surface area contributed by atoms with Crippen molar-refractivity contribution >= 4 is 32.7 Å². The van der Waals surface area contributed by atoms with Crippen LogP contribution in [0.4, 0.5) is 4.39 Å². The van der Waals surface area contributed by atoms with Crippen LogP contribution in [0.25, 0.3) is 11.0 Å². The van der Waals surface area contributed by atoms with Crippen LogP contribution in [0.3, 0.4) is 0 Å². The van der Waals surface area contributed by atoms with Gasteiger partial charge in [-0.25, -0.2) is 22.2 Å². The van der Waals surface area contributed by atoms with Gasteiger partial charge >= 0.3 is 6.01 Å². The number of fused-ring (bicyclic) bond motifs is 1. The average Bonchev–Trinajstić information content (AvgIpc) is 3.37. The molecule has 4 rings (SSSR count). The zero-order valence-corrected chi connectivity index (χ0v) is 17.9. The highest BCUT2D eigenvalue weighted by atomic mass is 35.5. The summed E-state index contributed by atoms with van der Waals surface area (Å²) in [5.74, 6) is 0.295. The Kier molecular flexibility index (Phi) is 5.60. The van der Waals surface area contributed by atoms with Gasteiger partial charge in [0.15, 0.2) is 16.9 Å². The van der Waals surface area contributed by atoms with Crippen molar-refractivity contribution in [1.82, 2.24) is 29.8 Å². The SMILES string of the molecule is CCn1c(Oc2ccc(F)cc2)nnc1[C@@H](C)NS(=O)(=O)c1ccc(Cl)c2nonc12. The molecule has 0 saturated carbocycles. The fraction of sp³-hybridized carbons (Fsp3) is 0.222. The Morgan fingerprint density at radius 1 is 1.16 bits per heavy atom. The molecule has 1 atom stereocenters. The minimum atomic E-state index is -4.04. The van der Waals surface area contributed by atoms with E-state index in [0.717, 1.165) is 0 Å². The van der Waals surface area contributed by atoms with E-state index in [1.165, 1.54) is 36.4 Å². The van der Waals surface area contributed by atoms with E-state index in [-0.39, 0.29) is 27.0 Å². The molecule has 2 aromatic carbocycles. The monoisotopic (exact) mass is 466 g/mol. The van der Waals surface area contributed by atoms with E-state index < -0.39 is 21.9 Å². The third-order valence-electron chi connectivity index (χ3n) is 4.42. The van der Waals surface area contributed by atoms with Gasteiger partial charge in [-0.15, -0.1) is 5.10 Å². The highest BCUT2D eigenvalue weighted by Crippen LogP contribution is 2.28. The van der Waals surface area contributed by atoms with Crippen molar-refractivity contribution in [1.29, 1.82) is 0 Å². The molecular formula is C18H16ClFN6O4S. The van der Waals surface area contributed by atoms with E-state index in [4.69, 9.17) is 16.3 Å². The third kappa shape index (κ3) is 4.09. The fourth-order valence-electron chi connectivity index (χ4n) is 2.98. The Hall–Kier alpha value is -3.09. The van der Waals surface area contributed by atoms with Crippen LogP contribution in [0.15, 0.2) is 45.9 Å². The van der Waals surface area contributed by atoms with Crippen molar-refractivity contribution in [3.05, 3.63) is 53.1 Å². The van der Waals surface area contributed by atoms with Gasteiger partial charge in [-0.1, -0.05) is 16.7 Å². The molecule has 4 aromatic rings. The molecule has 2 heterocycles. The fourth-order valence-corrected chi connectivity index (χ4v) is 4.50. The number of hydrogen-bond donors (Lipinski definition) is 1. The summed E-state index contributed by atoms with van der Waals surface area (Å²) in [5, 5.41) is 15.5. The van der Waals surface area contributed by atoms with E-state index in [2.05, 4.69) is 29.9 Å². The van der Waals surface area contributed by atoms with Gasteiger partial charge in [0.25, 0.3) is 0 Å². The standard InChI is InChI=1S/C18H16ClFN6O4S/c1-3-26-17(21-22-18(26)29-12-6-4-11(20)5-7-12)10(2)25-31(27,28)14-9-8-13(19)15-16(14)24-30-23-15/h4-10,25H,3H2,1-2H3/t10-/m1/s1. The highest BCUT2D eigenvalue weighted by molar-refractivity contribution is 7.89. The predicted molar refractivity (Wildman–Crippen MR) is 108 cm³/mol. The number of hydrogen-bond acceptors (Lipinski definition) is 8. The molecule has 31 heavy (non-hydrogen) atoms. The quantitative estimate of drug-likeness (QED) is 0.439. The zero-order valence-electron chi connectivity index (χ0n) is 16.3. The molecule has 0 spiro atoms. The highest BCUT2D eigenvalue weighted by Gasteiger charge is 2.27. The molecular weight excluding hydrogens is 451 g/mol. The first-order valence-electron chi connectivity index (χ1n) is 9.09. The summed E-state index contributed by atoms with van der Waals surface area (Å²) in [6.45, 7) is 3.85. The molecule has 0 aliphatic heterocycles. The van der Waals surface area contributed by atoms with E-state index in [1.807, 2.05) is 6.92 Å². The second-order valence-electron chi connectivity index (χ2n) is 6.49. The van der Waals surface area contributed by atoms with E-state index in [1.54, 1.807) is 11.5 Å². The smallest absolute Gasteiger partial charge is 0.322 e. The molecule has 0 aliphatic rings. The third-order valence-corrected chi connectivity index (χ3v) is 6.30. The molecule has 2 aromatic heterocycles. The Labute approximate surface area is 181 Å². The van der Waals surface area contributed by atoms with Gasteiger partial charge < -0.3 is 4.74 Å². The van der Waals surface area contributed by atoms with Gasteiger partial charge in [0.2, 0.25) is 10.0 Å². The molecule has 0 saturated heterocycles. The van der Waals surface area contributed by atoms with Gasteiger partial charge in [0.05, 0.1) is 11.1 Å². The summed E-state index contributed by atoms with van der Waals surface area (Å²) in [6, 6.07) is 7.50. The first-order chi connectivity index (χ1) is 14.8. The number of ether oxygens (including phenoxy) is 1. The van der Waals surface area contributed by atoms with Crippen LogP contribution in [-0.4, -0.2) is 33.5 Å². The molecule has 13 heteroatoms. The lowest BCUT2D eigenvalue weighted by atomic mass is 10.3. The van der Waals surface area contributed by atoms with Crippen molar-refractivity contribution in [2.75, 3.05) is 0 Å². The Morgan fingerprint density at radius 2 is 1.87 bits per heavy atom. The molecule has 0 unspecified atom stereocenters. The van der Waals surface area contributed by atoms with Crippen molar-refractivity contribution in [2.24, 2.45) is 0 Å². The molecule has 0 radical (unpaired) electrons. The lowest BCUT2D eigenvalue weighted by Crippen LogP contribution is -2.29. The summed E-state index contributed by atoms with van der Waals surface area (Å²) in [6.07, 6.45) is 0. The summed E-state index contributed by atoms with van der Waals surface area (Å²) in [4.78, 5) is -0.134. The number of nitrogens with one attached hydrogen (secondary N) is 1. The van der Waals surface area contributed by atoms with Gasteiger partial charge in [-0.2, -0.15) is 0 Å². The first-order valence-corrected chi connectivity index (χ1v) is 11.0. The topological polar surface area (TPSA) is 125 Å². The number of rotatable bonds is 7. The molecule has 1 N–H and O–H groups in total. The van der Waals surface area contributed by atoms with Gasteiger partial charge in [-0.3, -0.25) is 4.57 Å². The van der Waals surface area contributed by atoms with E-state index in [9.17, 15) is 12.8 Å². The largest absolute Gasteiger partial charge is 0.424 e. The molecule has 10 nitrogen and oxygen atoms in total. The summed E-state index contributed by atoms with van der Waals surface area (Å²) in [5.41, 5.74) is 0.161. The maximum absolute atomic E-state index is 13.1. The van der Waals surface area contributed by atoms with Crippen LogP contribution in [0, 0.1) is 5.82 Å². The number of sulfonamides is 1. The van der Waals surface area contributed by atoms with Crippen LogP contribution in [0.2, 0.25) is 5.02 Å². The maximum atomic E-state index is 13.1. The molecule has 0 aliphatic carbocycles. The number of aromatic nitrogens is 5. The van der Waals surface area contributed by atoms with Crippen molar-refractivity contribution in [2.45, 2.75) is 31.3 Å². The molecule has 0 fully saturated rings. The van der Waals surface area contributed by atoms with Gasteiger partial charge in [-0.05, 0) is 60.6 Å². The second kappa shape index (κ2) is 8.21. The van der Waals surface area contributed by atoms with Crippen LogP contribution >= 0.6 is 11.6 Å². The van der Waals surface area contributed by atoms with Crippen LogP contribution < -0.4 is 9.46 Å². The summed E-state index contributed by atoms with van der Waals surface area (Å²) < 4.78 is 53.5. The van der Waals surface area contributed by atoms with Crippen LogP contribution in [-0.2, 0) is 16.6 Å². The number of nitrogens with zero attached hydrogens (tertiary/aromatic N) is 5. The minimum Gasteiger partial charge on any atom is -0.424 e. The molecule has 0 bridgehead atoms. The predicted octanol–water partition coefficient (Wildman–Crippen LogP) is 3.46. The van der Waals surface area contributed by atoms with Crippen molar-refractivity contribution in [3.63, 3.8) is 0 Å². The number of halogens is 2. The van der Waals surface area contributed by atoms with Gasteiger partial charge in [0, 0.05) is 6.54 Å². The zero-order chi connectivity index (χ0) is 22.2. The molecule has 162 valence electrons.